The summed E-state index contributed by atoms with van der Waals surface area (Å²) in [4.78, 5) is 30.6. The van der Waals surface area contributed by atoms with Crippen molar-refractivity contribution in [3.63, 3.8) is 0 Å². The van der Waals surface area contributed by atoms with Gasteiger partial charge in [0.15, 0.2) is 5.54 Å². The van der Waals surface area contributed by atoms with E-state index in [0.29, 0.717) is 36.8 Å². The summed E-state index contributed by atoms with van der Waals surface area (Å²) in [7, 11) is 0. The first-order valence-electron chi connectivity index (χ1n) is 12.6. The van der Waals surface area contributed by atoms with Gasteiger partial charge in [-0.1, -0.05) is 20.8 Å². The quantitative estimate of drug-likeness (QED) is 0.226. The van der Waals surface area contributed by atoms with E-state index in [4.69, 9.17) is 24.3 Å². The van der Waals surface area contributed by atoms with Crippen LogP contribution in [0.15, 0.2) is 29.3 Å². The third-order valence-corrected chi connectivity index (χ3v) is 5.66. The Bertz CT molecular complexity index is 902. The van der Waals surface area contributed by atoms with Crippen molar-refractivity contribution in [2.45, 2.75) is 91.4 Å². The average molecular weight is 506 g/mol. The number of nitrogens with one attached hydrogen (secondary N) is 2. The predicted molar refractivity (Wildman–Crippen MR) is 139 cm³/mol. The molecular weight excluding hydrogens is 462 g/mol. The van der Waals surface area contributed by atoms with Gasteiger partial charge in [-0.25, -0.2) is 10.4 Å². The fourth-order valence-electron chi connectivity index (χ4n) is 3.63. The van der Waals surface area contributed by atoms with Gasteiger partial charge in [-0.3, -0.25) is 15.0 Å². The summed E-state index contributed by atoms with van der Waals surface area (Å²) >= 11 is 0. The average Bonchev–Trinajstić information content (AvgIpc) is 3.11. The maximum atomic E-state index is 13.4. The van der Waals surface area contributed by atoms with Gasteiger partial charge in [0.25, 0.3) is 5.91 Å². The molecule has 202 valence electrons. The van der Waals surface area contributed by atoms with Gasteiger partial charge in [-0.2, -0.15) is 0 Å². The fraction of sp³-hybridized carbons (Fsp3) is 0.667. The first-order valence-corrected chi connectivity index (χ1v) is 12.6. The molecule has 0 aromatic heterocycles. The molecule has 1 aromatic rings. The van der Waals surface area contributed by atoms with E-state index in [2.05, 4.69) is 31.6 Å². The lowest BCUT2D eigenvalue weighted by Gasteiger charge is -2.29. The van der Waals surface area contributed by atoms with Gasteiger partial charge < -0.3 is 19.3 Å². The topological polar surface area (TPSA) is 118 Å². The van der Waals surface area contributed by atoms with E-state index in [9.17, 15) is 9.59 Å². The van der Waals surface area contributed by atoms with Crippen LogP contribution in [-0.4, -0.2) is 59.9 Å². The number of amides is 1. The number of esters is 1. The van der Waals surface area contributed by atoms with Gasteiger partial charge >= 0.3 is 5.97 Å². The summed E-state index contributed by atoms with van der Waals surface area (Å²) in [6, 6.07) is 7.20. The van der Waals surface area contributed by atoms with Gasteiger partial charge in [-0.15, -0.1) is 0 Å². The normalized spacial score (nSPS) is 19.9. The minimum atomic E-state index is -1.29. The summed E-state index contributed by atoms with van der Waals surface area (Å²) in [5, 5.41) is 8.91. The van der Waals surface area contributed by atoms with Crippen LogP contribution in [0.25, 0.3) is 0 Å². The van der Waals surface area contributed by atoms with Gasteiger partial charge in [-0.05, 0) is 70.2 Å². The van der Waals surface area contributed by atoms with Crippen LogP contribution < -0.4 is 15.6 Å². The number of aliphatic imine (C=N–C) groups is 1. The smallest absolute Gasteiger partial charge is 0.306 e. The molecule has 1 aliphatic heterocycles. The Morgan fingerprint density at radius 2 is 1.81 bits per heavy atom. The molecule has 1 aliphatic rings. The molecule has 3 N–H and O–H groups in total. The molecule has 0 aliphatic carbocycles. The van der Waals surface area contributed by atoms with E-state index in [-0.39, 0.29) is 30.8 Å². The molecular formula is C27H43N3O6. The van der Waals surface area contributed by atoms with Crippen LogP contribution >= 0.6 is 0 Å². The summed E-state index contributed by atoms with van der Waals surface area (Å²) in [6.07, 6.45) is 0.982. The van der Waals surface area contributed by atoms with Gasteiger partial charge in [0.05, 0.1) is 6.61 Å². The molecule has 0 fully saturated rings. The van der Waals surface area contributed by atoms with E-state index < -0.39 is 23.2 Å². The first-order chi connectivity index (χ1) is 16.8. The molecule has 2 rings (SSSR count). The Balaban J connectivity index is 2.21. The number of carbonyl (C=O) groups excluding carboxylic acids is 2. The highest BCUT2D eigenvalue weighted by molar-refractivity contribution is 6.00. The zero-order chi connectivity index (χ0) is 27.0. The van der Waals surface area contributed by atoms with Crippen molar-refractivity contribution in [3.8, 4) is 5.75 Å². The molecule has 36 heavy (non-hydrogen) atoms. The fourth-order valence-corrected chi connectivity index (χ4v) is 3.63. The number of hydrogen-bond acceptors (Lipinski definition) is 8. The zero-order valence-corrected chi connectivity index (χ0v) is 22.8. The molecule has 9 heteroatoms. The first kappa shape index (κ1) is 29.6. The van der Waals surface area contributed by atoms with Gasteiger partial charge in [0.1, 0.15) is 17.5 Å². The number of ether oxygens (including phenoxy) is 3. The number of rotatable bonds is 12. The number of hydrazine groups is 1. The van der Waals surface area contributed by atoms with E-state index in [1.807, 2.05) is 12.1 Å². The summed E-state index contributed by atoms with van der Waals surface area (Å²) in [5.74, 6) is 0.247. The van der Waals surface area contributed by atoms with Crippen molar-refractivity contribution in [2.75, 3.05) is 19.8 Å². The number of aliphatic hydroxyl groups excluding tert-OH is 1. The number of aliphatic hydroxyl groups is 1. The van der Waals surface area contributed by atoms with E-state index in [1.165, 1.54) is 0 Å². The molecule has 1 heterocycles. The number of nitrogens with zero attached hydrogens (tertiary/aromatic N) is 1. The van der Waals surface area contributed by atoms with Crippen molar-refractivity contribution in [1.82, 2.24) is 10.9 Å². The SMILES string of the molecule is C[C@@H]1OC(c2ccc(OCCCO)cc2)=N[C@]1(CCC(=O)OC(C)(C)C)C(=O)NNCCC(C)(C)C. The highest BCUT2D eigenvalue weighted by Crippen LogP contribution is 2.34. The summed E-state index contributed by atoms with van der Waals surface area (Å²) in [5.41, 5.74) is 4.69. The van der Waals surface area contributed by atoms with Crippen molar-refractivity contribution >= 4 is 17.8 Å². The van der Waals surface area contributed by atoms with Crippen molar-refractivity contribution in [1.29, 1.82) is 0 Å². The minimum absolute atomic E-state index is 0.0226. The van der Waals surface area contributed by atoms with Crippen LogP contribution in [0.4, 0.5) is 0 Å². The van der Waals surface area contributed by atoms with Crippen LogP contribution in [0.3, 0.4) is 0 Å². The monoisotopic (exact) mass is 505 g/mol. The minimum Gasteiger partial charge on any atom is -0.494 e. The molecule has 0 saturated carbocycles. The Kier molecular flexibility index (Phi) is 10.3. The lowest BCUT2D eigenvalue weighted by atomic mass is 9.88. The molecule has 0 unspecified atom stereocenters. The third kappa shape index (κ3) is 9.09. The Hall–Kier alpha value is -2.65. The van der Waals surface area contributed by atoms with E-state index in [1.54, 1.807) is 39.8 Å². The number of benzene rings is 1. The second-order valence-corrected chi connectivity index (χ2v) is 11.3. The second-order valence-electron chi connectivity index (χ2n) is 11.3. The maximum absolute atomic E-state index is 13.4. The van der Waals surface area contributed by atoms with Gasteiger partial charge in [0, 0.05) is 31.6 Å². The second kappa shape index (κ2) is 12.5. The molecule has 0 spiro atoms. The molecule has 0 saturated heterocycles. The molecule has 0 radical (unpaired) electrons. The molecule has 1 amide bonds. The summed E-state index contributed by atoms with van der Waals surface area (Å²) < 4.78 is 17.1. The number of carbonyl (C=O) groups is 2. The molecule has 9 nitrogen and oxygen atoms in total. The van der Waals surface area contributed by atoms with E-state index >= 15 is 0 Å². The Morgan fingerprint density at radius 1 is 1.14 bits per heavy atom. The Morgan fingerprint density at radius 3 is 2.39 bits per heavy atom. The van der Waals surface area contributed by atoms with Crippen molar-refractivity contribution in [3.05, 3.63) is 29.8 Å². The van der Waals surface area contributed by atoms with Crippen molar-refractivity contribution in [2.24, 2.45) is 10.4 Å². The highest BCUT2D eigenvalue weighted by atomic mass is 16.6. The third-order valence-electron chi connectivity index (χ3n) is 5.66. The van der Waals surface area contributed by atoms with Crippen LogP contribution in [-0.2, 0) is 19.1 Å². The summed E-state index contributed by atoms with van der Waals surface area (Å²) in [6.45, 7) is 14.7. The maximum Gasteiger partial charge on any atom is 0.306 e. The largest absolute Gasteiger partial charge is 0.494 e. The zero-order valence-electron chi connectivity index (χ0n) is 22.8. The van der Waals surface area contributed by atoms with Crippen LogP contribution in [0.2, 0.25) is 0 Å². The van der Waals surface area contributed by atoms with Crippen molar-refractivity contribution < 1.29 is 28.9 Å². The van der Waals surface area contributed by atoms with Crippen LogP contribution in [0, 0.1) is 5.41 Å². The highest BCUT2D eigenvalue weighted by Gasteiger charge is 2.50. The number of hydrogen-bond donors (Lipinski definition) is 3. The Labute approximate surface area is 215 Å². The van der Waals surface area contributed by atoms with Crippen LogP contribution in [0.1, 0.15) is 79.7 Å². The standard InChI is InChI=1S/C27H43N3O6/c1-19-27(14-13-22(32)36-26(5,6)7,24(33)30-28-16-15-25(2,3)4)29-23(35-19)20-9-11-21(12-10-20)34-18-8-17-31/h9-12,19,28,31H,8,13-18H2,1-7H3,(H,30,33)/t19-,27-/m0/s1. The van der Waals surface area contributed by atoms with Crippen LogP contribution in [0.5, 0.6) is 5.75 Å². The lowest BCUT2D eigenvalue weighted by Crippen LogP contribution is -2.55. The predicted octanol–water partition coefficient (Wildman–Crippen LogP) is 3.53. The van der Waals surface area contributed by atoms with E-state index in [0.717, 1.165) is 6.42 Å². The molecule has 2 atom stereocenters. The lowest BCUT2D eigenvalue weighted by molar-refractivity contribution is -0.155. The van der Waals surface area contributed by atoms with Gasteiger partial charge in [0.2, 0.25) is 5.90 Å². The molecule has 0 bridgehead atoms. The molecule has 1 aromatic carbocycles.